The van der Waals surface area contributed by atoms with Crippen molar-refractivity contribution in [2.24, 2.45) is 0 Å². The predicted molar refractivity (Wildman–Crippen MR) is 84.8 cm³/mol. The van der Waals surface area contributed by atoms with E-state index in [4.69, 9.17) is 4.74 Å². The minimum absolute atomic E-state index is 0.109. The van der Waals surface area contributed by atoms with Gasteiger partial charge in [-0.1, -0.05) is 27.2 Å². The third kappa shape index (κ3) is 9.33. The molecular weight excluding hydrogens is 258 g/mol. The molecule has 2 atom stereocenters. The minimum Gasteiger partial charge on any atom is -0.459 e. The van der Waals surface area contributed by atoms with Gasteiger partial charge in [-0.3, -0.25) is 4.79 Å². The van der Waals surface area contributed by atoms with Gasteiger partial charge in [-0.25, -0.2) is 0 Å². The van der Waals surface area contributed by atoms with Gasteiger partial charge in [0.05, 0.1) is 5.75 Å². The van der Waals surface area contributed by atoms with Gasteiger partial charge in [0.1, 0.15) is 5.60 Å². The third-order valence-electron chi connectivity index (χ3n) is 2.75. The molecule has 0 amide bonds. The Morgan fingerprint density at radius 2 is 1.89 bits per heavy atom. The van der Waals surface area contributed by atoms with E-state index in [-0.39, 0.29) is 11.6 Å². The summed E-state index contributed by atoms with van der Waals surface area (Å²) < 4.78 is 5.35. The van der Waals surface area contributed by atoms with Gasteiger partial charge in [0.2, 0.25) is 0 Å². The van der Waals surface area contributed by atoms with E-state index in [1.165, 1.54) is 6.42 Å². The van der Waals surface area contributed by atoms with Crippen molar-refractivity contribution in [3.8, 4) is 0 Å². The molecule has 4 heteroatoms. The zero-order valence-electron chi connectivity index (χ0n) is 13.4. The van der Waals surface area contributed by atoms with E-state index in [2.05, 4.69) is 26.1 Å². The second kappa shape index (κ2) is 9.65. The van der Waals surface area contributed by atoms with E-state index in [1.54, 1.807) is 11.8 Å². The maximum Gasteiger partial charge on any atom is 0.316 e. The van der Waals surface area contributed by atoms with Crippen molar-refractivity contribution < 1.29 is 9.53 Å². The van der Waals surface area contributed by atoms with Crippen LogP contribution in [0, 0.1) is 0 Å². The van der Waals surface area contributed by atoms with E-state index < -0.39 is 0 Å². The van der Waals surface area contributed by atoms with E-state index in [9.17, 15) is 4.79 Å². The summed E-state index contributed by atoms with van der Waals surface area (Å²) in [5.74, 6) is 0.337. The summed E-state index contributed by atoms with van der Waals surface area (Å²) in [7, 11) is 0. The Kier molecular flexibility index (Phi) is 9.54. The lowest BCUT2D eigenvalue weighted by molar-refractivity contribution is -0.151. The molecule has 0 saturated heterocycles. The van der Waals surface area contributed by atoms with E-state index in [1.807, 2.05) is 20.8 Å². The summed E-state index contributed by atoms with van der Waals surface area (Å²) >= 11 is 1.72. The highest BCUT2D eigenvalue weighted by Gasteiger charge is 2.22. The van der Waals surface area contributed by atoms with Crippen molar-refractivity contribution in [3.05, 3.63) is 0 Å². The van der Waals surface area contributed by atoms with Crippen LogP contribution in [-0.4, -0.2) is 35.2 Å². The normalized spacial score (nSPS) is 15.1. The summed E-state index contributed by atoms with van der Waals surface area (Å²) in [4.78, 5) is 11.8. The number of nitrogens with one attached hydrogen (secondary N) is 1. The van der Waals surface area contributed by atoms with Gasteiger partial charge in [0.15, 0.2) is 0 Å². The first kappa shape index (κ1) is 18.8. The molecule has 114 valence electrons. The number of hydrogen-bond acceptors (Lipinski definition) is 4. The Morgan fingerprint density at radius 1 is 1.26 bits per heavy atom. The molecule has 0 aliphatic heterocycles. The minimum atomic E-state index is -0.385. The molecule has 0 fully saturated rings. The van der Waals surface area contributed by atoms with Crippen molar-refractivity contribution in [3.63, 3.8) is 0 Å². The molecule has 0 aliphatic carbocycles. The molecule has 0 radical (unpaired) electrons. The summed E-state index contributed by atoms with van der Waals surface area (Å²) in [6.07, 6.45) is 3.40. The van der Waals surface area contributed by atoms with E-state index in [0.29, 0.717) is 17.0 Å². The van der Waals surface area contributed by atoms with Gasteiger partial charge >= 0.3 is 5.97 Å². The number of carbonyl (C=O) groups excluding carboxylic acids is 1. The van der Waals surface area contributed by atoms with Crippen LogP contribution in [0.3, 0.4) is 0 Å². The molecule has 3 nitrogen and oxygen atoms in total. The summed E-state index contributed by atoms with van der Waals surface area (Å²) in [6.45, 7) is 13.2. The number of esters is 1. The molecular formula is C15H31NO2S. The first-order chi connectivity index (χ1) is 8.84. The second-order valence-electron chi connectivity index (χ2n) is 5.80. The molecule has 0 bridgehead atoms. The Bertz CT molecular complexity index is 245. The molecule has 19 heavy (non-hydrogen) atoms. The van der Waals surface area contributed by atoms with Gasteiger partial charge in [0, 0.05) is 11.3 Å². The smallest absolute Gasteiger partial charge is 0.316 e. The van der Waals surface area contributed by atoms with Crippen LogP contribution in [0.2, 0.25) is 0 Å². The number of rotatable bonds is 9. The number of ether oxygens (including phenoxy) is 1. The van der Waals surface area contributed by atoms with Crippen LogP contribution in [0.5, 0.6) is 0 Å². The molecule has 0 aromatic heterocycles. The number of thioether (sulfide) groups is 1. The Hall–Kier alpha value is -0.220. The van der Waals surface area contributed by atoms with Crippen LogP contribution in [0.15, 0.2) is 0 Å². The molecule has 0 spiro atoms. The van der Waals surface area contributed by atoms with Crippen molar-refractivity contribution in [2.45, 2.75) is 77.7 Å². The molecule has 0 heterocycles. The summed E-state index contributed by atoms with van der Waals surface area (Å²) in [6, 6.07) is 0.493. The first-order valence-electron chi connectivity index (χ1n) is 7.40. The molecule has 0 aromatic carbocycles. The van der Waals surface area contributed by atoms with Gasteiger partial charge in [0.25, 0.3) is 0 Å². The Labute approximate surface area is 123 Å². The van der Waals surface area contributed by atoms with Crippen molar-refractivity contribution in [1.82, 2.24) is 5.32 Å². The lowest BCUT2D eigenvalue weighted by Gasteiger charge is -2.27. The van der Waals surface area contributed by atoms with Crippen LogP contribution in [0.4, 0.5) is 0 Å². The van der Waals surface area contributed by atoms with Crippen molar-refractivity contribution >= 4 is 17.7 Å². The molecule has 0 rings (SSSR count). The predicted octanol–water partition coefficient (Wildman–Crippen LogP) is 3.62. The van der Waals surface area contributed by atoms with Crippen LogP contribution >= 0.6 is 11.8 Å². The van der Waals surface area contributed by atoms with Crippen LogP contribution in [0.1, 0.15) is 60.8 Å². The average Bonchev–Trinajstić information content (AvgIpc) is 2.28. The van der Waals surface area contributed by atoms with Crippen LogP contribution in [-0.2, 0) is 9.53 Å². The van der Waals surface area contributed by atoms with Crippen LogP contribution < -0.4 is 5.32 Å². The standard InChI is InChI=1S/C15H31NO2S/c1-7-10-12(16-9-3)13(8-2)19-11-14(17)18-15(4,5)6/h12-13,16H,7-11H2,1-6H3. The SMILES string of the molecule is CCCC(NCC)C(CC)SCC(=O)OC(C)(C)C. The second-order valence-corrected chi connectivity index (χ2v) is 7.02. The fourth-order valence-corrected chi connectivity index (χ4v) is 3.17. The summed E-state index contributed by atoms with van der Waals surface area (Å²) in [5.41, 5.74) is -0.385. The maximum absolute atomic E-state index is 11.8. The van der Waals surface area contributed by atoms with Gasteiger partial charge in [-0.2, -0.15) is 0 Å². The molecule has 0 aromatic rings. The lowest BCUT2D eigenvalue weighted by Crippen LogP contribution is -2.38. The van der Waals surface area contributed by atoms with Crippen molar-refractivity contribution in [1.29, 1.82) is 0 Å². The highest BCUT2D eigenvalue weighted by Crippen LogP contribution is 2.22. The fraction of sp³-hybridized carbons (Fsp3) is 0.933. The highest BCUT2D eigenvalue weighted by molar-refractivity contribution is 8.00. The Balaban J connectivity index is 4.26. The number of carbonyl (C=O) groups is 1. The lowest BCUT2D eigenvalue weighted by atomic mass is 10.1. The first-order valence-corrected chi connectivity index (χ1v) is 8.45. The fourth-order valence-electron chi connectivity index (χ4n) is 2.06. The zero-order valence-corrected chi connectivity index (χ0v) is 14.2. The maximum atomic E-state index is 11.8. The van der Waals surface area contributed by atoms with Gasteiger partial charge in [-0.15, -0.1) is 11.8 Å². The van der Waals surface area contributed by atoms with E-state index in [0.717, 1.165) is 19.4 Å². The molecule has 1 N–H and O–H groups in total. The van der Waals surface area contributed by atoms with Crippen molar-refractivity contribution in [2.75, 3.05) is 12.3 Å². The Morgan fingerprint density at radius 3 is 2.32 bits per heavy atom. The van der Waals surface area contributed by atoms with E-state index >= 15 is 0 Å². The van der Waals surface area contributed by atoms with Gasteiger partial charge in [-0.05, 0) is 40.2 Å². The monoisotopic (exact) mass is 289 g/mol. The molecule has 2 unspecified atom stereocenters. The molecule has 0 aliphatic rings. The topological polar surface area (TPSA) is 38.3 Å². The van der Waals surface area contributed by atoms with Gasteiger partial charge < -0.3 is 10.1 Å². The zero-order chi connectivity index (χ0) is 14.9. The molecule has 0 saturated carbocycles. The third-order valence-corrected chi connectivity index (χ3v) is 4.24. The quantitative estimate of drug-likeness (QED) is 0.658. The number of hydrogen-bond donors (Lipinski definition) is 1. The largest absolute Gasteiger partial charge is 0.459 e. The summed E-state index contributed by atoms with van der Waals surface area (Å²) in [5, 5.41) is 4.01. The van der Waals surface area contributed by atoms with Crippen LogP contribution in [0.25, 0.3) is 0 Å². The average molecular weight is 289 g/mol. The highest BCUT2D eigenvalue weighted by atomic mass is 32.2.